The zero-order valence-electron chi connectivity index (χ0n) is 17.1. The first-order valence-corrected chi connectivity index (χ1v) is 15.2. The van der Waals surface area contributed by atoms with Crippen molar-refractivity contribution in [3.63, 3.8) is 0 Å². The smallest absolute Gasteiger partial charge is 0.254 e. The molecule has 0 amide bonds. The molecule has 0 radical (unpaired) electrons. The number of hydrogen-bond donors (Lipinski definition) is 0. The largest absolute Gasteiger partial charge is 0.410 e. The molecule has 1 fully saturated rings. The first kappa shape index (κ1) is 19.2. The topological polar surface area (TPSA) is 9.23 Å². The molecule has 0 bridgehead atoms. The van der Waals surface area contributed by atoms with E-state index in [-0.39, 0.29) is 0 Å². The Hall–Kier alpha value is -2.73. The Labute approximate surface area is 181 Å². The summed E-state index contributed by atoms with van der Waals surface area (Å²) in [6, 6.07) is 46.5. The first-order valence-electron chi connectivity index (χ1n) is 10.7. The molecule has 1 saturated heterocycles. The normalized spacial score (nSPS) is 17.3. The van der Waals surface area contributed by atoms with E-state index in [1.165, 1.54) is 26.8 Å². The van der Waals surface area contributed by atoms with Crippen LogP contribution in [0.4, 0.5) is 0 Å². The van der Waals surface area contributed by atoms with Crippen LogP contribution in [0.3, 0.4) is 0 Å². The summed E-state index contributed by atoms with van der Waals surface area (Å²) < 4.78 is 7.16. The molecule has 0 aliphatic carbocycles. The van der Waals surface area contributed by atoms with Gasteiger partial charge in [-0.3, -0.25) is 0 Å². The van der Waals surface area contributed by atoms with Gasteiger partial charge in [-0.25, -0.2) is 0 Å². The quantitative estimate of drug-likeness (QED) is 0.457. The predicted molar refractivity (Wildman–Crippen MR) is 131 cm³/mol. The SMILES string of the molecule is c1ccc([Si]2(c3ccccc3)CC[Si](c3ccccc3)(c3ccccc3)OC2)cc1. The Morgan fingerprint density at radius 2 is 0.800 bits per heavy atom. The fourth-order valence-corrected chi connectivity index (χ4v) is 15.9. The lowest BCUT2D eigenvalue weighted by molar-refractivity contribution is 0.370. The lowest BCUT2D eigenvalue weighted by Gasteiger charge is -2.45. The maximum absolute atomic E-state index is 7.16. The second-order valence-electron chi connectivity index (χ2n) is 8.16. The van der Waals surface area contributed by atoms with Crippen LogP contribution >= 0.6 is 0 Å². The molecule has 0 aromatic heterocycles. The van der Waals surface area contributed by atoms with Gasteiger partial charge in [0.25, 0.3) is 8.32 Å². The van der Waals surface area contributed by atoms with Crippen LogP contribution in [0.1, 0.15) is 0 Å². The van der Waals surface area contributed by atoms with Crippen molar-refractivity contribution in [2.24, 2.45) is 0 Å². The molecular formula is C27H26OSi2. The van der Waals surface area contributed by atoms with Gasteiger partial charge < -0.3 is 4.43 Å². The second kappa shape index (κ2) is 8.19. The predicted octanol–water partition coefficient (Wildman–Crippen LogP) is 3.58. The molecule has 148 valence electrons. The van der Waals surface area contributed by atoms with E-state index in [0.29, 0.717) is 0 Å². The zero-order valence-corrected chi connectivity index (χ0v) is 19.1. The van der Waals surface area contributed by atoms with Crippen LogP contribution in [-0.4, -0.2) is 22.6 Å². The van der Waals surface area contributed by atoms with E-state index in [1.807, 2.05) is 0 Å². The van der Waals surface area contributed by atoms with E-state index in [0.717, 1.165) is 12.3 Å². The van der Waals surface area contributed by atoms with Crippen LogP contribution in [0.2, 0.25) is 12.1 Å². The summed E-state index contributed by atoms with van der Waals surface area (Å²) in [4.78, 5) is 0. The van der Waals surface area contributed by atoms with Crippen molar-refractivity contribution in [1.82, 2.24) is 0 Å². The third-order valence-corrected chi connectivity index (χ3v) is 16.1. The monoisotopic (exact) mass is 422 g/mol. The van der Waals surface area contributed by atoms with Gasteiger partial charge in [-0.2, -0.15) is 0 Å². The third kappa shape index (κ3) is 3.29. The average Bonchev–Trinajstić information content (AvgIpc) is 2.86. The molecule has 0 atom stereocenters. The highest BCUT2D eigenvalue weighted by molar-refractivity contribution is 7.07. The number of hydrogen-bond acceptors (Lipinski definition) is 1. The minimum atomic E-state index is -2.25. The van der Waals surface area contributed by atoms with Crippen molar-refractivity contribution in [3.8, 4) is 0 Å². The van der Waals surface area contributed by atoms with Crippen LogP contribution in [0, 0.1) is 0 Å². The van der Waals surface area contributed by atoms with Crippen molar-refractivity contribution in [1.29, 1.82) is 0 Å². The lowest BCUT2D eigenvalue weighted by atomic mass is 10.4. The van der Waals surface area contributed by atoms with Gasteiger partial charge in [0.15, 0.2) is 0 Å². The molecule has 30 heavy (non-hydrogen) atoms. The van der Waals surface area contributed by atoms with Crippen molar-refractivity contribution in [2.75, 3.05) is 6.23 Å². The molecular weight excluding hydrogens is 396 g/mol. The van der Waals surface area contributed by atoms with Crippen LogP contribution in [0.25, 0.3) is 0 Å². The summed E-state index contributed by atoms with van der Waals surface area (Å²) in [5.41, 5.74) is 0. The molecule has 4 aromatic rings. The Morgan fingerprint density at radius 1 is 0.433 bits per heavy atom. The highest BCUT2D eigenvalue weighted by atomic mass is 28.4. The Morgan fingerprint density at radius 3 is 1.13 bits per heavy atom. The fourth-order valence-electron chi connectivity index (χ4n) is 4.95. The lowest BCUT2D eigenvalue weighted by Crippen LogP contribution is -2.72. The summed E-state index contributed by atoms with van der Waals surface area (Å²) in [5, 5.41) is 5.75. The van der Waals surface area contributed by atoms with E-state index in [9.17, 15) is 0 Å². The standard InChI is InChI=1S/C27H26OSi2/c1-5-13-24(14-6-1)29(25-15-7-2-8-16-25)21-22-30(28-23-29,26-17-9-3-10-18-26)27-19-11-4-12-20-27/h1-20H,21-23H2. The molecule has 1 aliphatic heterocycles. The van der Waals surface area contributed by atoms with Crippen LogP contribution in [-0.2, 0) is 4.43 Å². The molecule has 4 aromatic carbocycles. The Bertz CT molecular complexity index is 901. The molecule has 0 spiro atoms. The zero-order chi connectivity index (χ0) is 20.3. The molecule has 0 N–H and O–H groups in total. The van der Waals surface area contributed by atoms with Gasteiger partial charge >= 0.3 is 0 Å². The van der Waals surface area contributed by atoms with Gasteiger partial charge in [-0.05, 0) is 22.5 Å². The summed E-state index contributed by atoms with van der Waals surface area (Å²) in [6.45, 7) is 0. The van der Waals surface area contributed by atoms with Crippen LogP contribution in [0.15, 0.2) is 121 Å². The van der Waals surface area contributed by atoms with Crippen LogP contribution < -0.4 is 20.7 Å². The minimum absolute atomic E-state index is 0.844. The first-order chi connectivity index (χ1) is 14.8. The van der Waals surface area contributed by atoms with Crippen LogP contribution in [0.5, 0.6) is 0 Å². The van der Waals surface area contributed by atoms with Gasteiger partial charge in [0, 0.05) is 6.23 Å². The summed E-state index contributed by atoms with van der Waals surface area (Å²) >= 11 is 0. The van der Waals surface area contributed by atoms with Gasteiger partial charge in [-0.15, -0.1) is 0 Å². The molecule has 0 unspecified atom stereocenters. The van der Waals surface area contributed by atoms with Crippen molar-refractivity contribution in [2.45, 2.75) is 12.1 Å². The maximum Gasteiger partial charge on any atom is 0.254 e. The summed E-state index contributed by atoms with van der Waals surface area (Å²) in [7, 11) is -4.23. The number of benzene rings is 4. The van der Waals surface area contributed by atoms with Gasteiger partial charge in [-0.1, -0.05) is 132 Å². The fraction of sp³-hybridized carbons (Fsp3) is 0.111. The Kier molecular flexibility index (Phi) is 5.25. The highest BCUT2D eigenvalue weighted by Crippen LogP contribution is 2.29. The van der Waals surface area contributed by atoms with Crippen molar-refractivity contribution < 1.29 is 4.43 Å². The molecule has 5 rings (SSSR count). The third-order valence-electron chi connectivity index (χ3n) is 6.60. The van der Waals surface area contributed by atoms with E-state index in [4.69, 9.17) is 4.43 Å². The molecule has 1 heterocycles. The highest BCUT2D eigenvalue weighted by Gasteiger charge is 2.50. The molecule has 1 aliphatic rings. The molecule has 1 nitrogen and oxygen atoms in total. The molecule has 0 saturated carbocycles. The maximum atomic E-state index is 7.16. The van der Waals surface area contributed by atoms with E-state index in [2.05, 4.69) is 121 Å². The van der Waals surface area contributed by atoms with E-state index in [1.54, 1.807) is 0 Å². The minimum Gasteiger partial charge on any atom is -0.410 e. The number of rotatable bonds is 4. The summed E-state index contributed by atoms with van der Waals surface area (Å²) in [5.74, 6) is 0. The summed E-state index contributed by atoms with van der Waals surface area (Å²) in [6.07, 6.45) is 0.844. The van der Waals surface area contributed by atoms with Gasteiger partial charge in [0.2, 0.25) is 0 Å². The van der Waals surface area contributed by atoms with Gasteiger partial charge in [0.05, 0.1) is 0 Å². The van der Waals surface area contributed by atoms with Crippen molar-refractivity contribution in [3.05, 3.63) is 121 Å². The second-order valence-corrected chi connectivity index (χ2v) is 15.9. The van der Waals surface area contributed by atoms with E-state index >= 15 is 0 Å². The molecule has 3 heteroatoms. The average molecular weight is 423 g/mol. The van der Waals surface area contributed by atoms with Crippen molar-refractivity contribution >= 4 is 37.1 Å². The van der Waals surface area contributed by atoms with Gasteiger partial charge in [0.1, 0.15) is 8.07 Å². The Balaban J connectivity index is 1.61. The van der Waals surface area contributed by atoms with E-state index < -0.39 is 16.4 Å².